The van der Waals surface area contributed by atoms with E-state index in [2.05, 4.69) is 11.0 Å². The largest absolute Gasteiger partial charge is 0.298 e. The van der Waals surface area contributed by atoms with Gasteiger partial charge in [-0.3, -0.25) is 4.90 Å². The van der Waals surface area contributed by atoms with Gasteiger partial charge in [0, 0.05) is 13.1 Å². The Morgan fingerprint density at radius 2 is 2.35 bits per heavy atom. The number of likely N-dealkylation sites (tertiary alicyclic amines) is 1. The Morgan fingerprint density at radius 1 is 1.53 bits per heavy atom. The van der Waals surface area contributed by atoms with E-state index in [1.54, 1.807) is 6.07 Å². The third-order valence-corrected chi connectivity index (χ3v) is 3.54. The lowest BCUT2D eigenvalue weighted by Crippen LogP contribution is -2.34. The minimum Gasteiger partial charge on any atom is -0.298 e. The fraction of sp³-hybridized carbons (Fsp3) is 0.462. The van der Waals surface area contributed by atoms with Crippen molar-refractivity contribution in [1.82, 2.24) is 4.90 Å². The van der Waals surface area contributed by atoms with E-state index >= 15 is 0 Å². The Hall–Kier alpha value is -1.11. The van der Waals surface area contributed by atoms with Crippen LogP contribution in [0.5, 0.6) is 0 Å². The second kappa shape index (κ2) is 5.48. The predicted octanol–water partition coefficient (Wildman–Crippen LogP) is 3.21. The molecule has 1 atom stereocenters. The molecule has 0 saturated carbocycles. The number of nitriles is 1. The molecule has 2 nitrogen and oxygen atoms in total. The van der Waals surface area contributed by atoms with Crippen LogP contribution in [0.1, 0.15) is 18.4 Å². The molecule has 2 rings (SSSR count). The van der Waals surface area contributed by atoms with Crippen molar-refractivity contribution in [3.05, 3.63) is 34.6 Å². The summed E-state index contributed by atoms with van der Waals surface area (Å²) in [5.41, 5.74) is 0.797. The third-order valence-electron chi connectivity index (χ3n) is 3.11. The van der Waals surface area contributed by atoms with Gasteiger partial charge in [0.25, 0.3) is 0 Å². The summed E-state index contributed by atoms with van der Waals surface area (Å²) in [6, 6.07) is 7.16. The molecule has 0 aromatic heterocycles. The molecule has 1 aliphatic rings. The first-order valence-corrected chi connectivity index (χ1v) is 6.13. The first kappa shape index (κ1) is 12.3. The molecule has 0 amide bonds. The maximum absolute atomic E-state index is 13.3. The van der Waals surface area contributed by atoms with E-state index in [1.807, 2.05) is 6.07 Å². The van der Waals surface area contributed by atoms with Crippen molar-refractivity contribution in [2.75, 3.05) is 13.1 Å². The van der Waals surface area contributed by atoms with Gasteiger partial charge in [0.05, 0.1) is 17.0 Å². The molecular weight excluding hydrogens is 239 g/mol. The Morgan fingerprint density at radius 3 is 3.12 bits per heavy atom. The summed E-state index contributed by atoms with van der Waals surface area (Å²) >= 11 is 5.92. The maximum Gasteiger partial charge on any atom is 0.142 e. The number of rotatable bonds is 2. The molecule has 0 N–H and O–H groups in total. The number of nitrogens with zero attached hydrogens (tertiary/aromatic N) is 2. The first-order valence-electron chi connectivity index (χ1n) is 5.75. The van der Waals surface area contributed by atoms with Gasteiger partial charge in [-0.25, -0.2) is 4.39 Å². The highest BCUT2D eigenvalue weighted by molar-refractivity contribution is 6.31. The zero-order valence-electron chi connectivity index (χ0n) is 9.50. The van der Waals surface area contributed by atoms with Crippen LogP contribution < -0.4 is 0 Å². The van der Waals surface area contributed by atoms with Gasteiger partial charge in [0.1, 0.15) is 5.82 Å². The summed E-state index contributed by atoms with van der Waals surface area (Å²) in [6.45, 7) is 2.32. The topological polar surface area (TPSA) is 27.0 Å². The highest BCUT2D eigenvalue weighted by atomic mass is 35.5. The Bertz CT molecular complexity index is 442. The molecule has 0 aliphatic carbocycles. The molecule has 1 aliphatic heterocycles. The molecule has 1 saturated heterocycles. The van der Waals surface area contributed by atoms with Crippen LogP contribution in [0, 0.1) is 23.1 Å². The van der Waals surface area contributed by atoms with Gasteiger partial charge >= 0.3 is 0 Å². The smallest absolute Gasteiger partial charge is 0.142 e. The van der Waals surface area contributed by atoms with Crippen LogP contribution in [0.2, 0.25) is 5.02 Å². The number of halogens is 2. The quantitative estimate of drug-likeness (QED) is 0.808. The highest BCUT2D eigenvalue weighted by Gasteiger charge is 2.20. The van der Waals surface area contributed by atoms with E-state index in [4.69, 9.17) is 16.9 Å². The average molecular weight is 253 g/mol. The zero-order valence-corrected chi connectivity index (χ0v) is 10.3. The molecule has 1 heterocycles. The van der Waals surface area contributed by atoms with Crippen molar-refractivity contribution in [1.29, 1.82) is 5.26 Å². The SMILES string of the molecule is N#CC1CCCN(Cc2cccc(F)c2Cl)C1. The lowest BCUT2D eigenvalue weighted by Gasteiger charge is -2.29. The van der Waals surface area contributed by atoms with E-state index in [0.29, 0.717) is 6.54 Å². The maximum atomic E-state index is 13.3. The predicted molar refractivity (Wildman–Crippen MR) is 65.0 cm³/mol. The van der Waals surface area contributed by atoms with Crippen LogP contribution in [0.4, 0.5) is 4.39 Å². The third kappa shape index (κ3) is 2.96. The van der Waals surface area contributed by atoms with Crippen molar-refractivity contribution in [3.63, 3.8) is 0 Å². The van der Waals surface area contributed by atoms with Crippen LogP contribution in [0.15, 0.2) is 18.2 Å². The lowest BCUT2D eigenvalue weighted by molar-refractivity contribution is 0.192. The van der Waals surface area contributed by atoms with Crippen LogP contribution in [-0.2, 0) is 6.54 Å². The lowest BCUT2D eigenvalue weighted by atomic mass is 9.99. The van der Waals surface area contributed by atoms with E-state index in [-0.39, 0.29) is 16.8 Å². The molecular formula is C13H14ClFN2. The first-order chi connectivity index (χ1) is 8.20. The standard InChI is InChI=1S/C13H14ClFN2/c14-13-11(4-1-5-12(13)15)9-17-6-2-3-10(7-16)8-17/h1,4-5,10H,2-3,6,8-9H2. The van der Waals surface area contributed by atoms with E-state index in [0.717, 1.165) is 31.5 Å². The number of hydrogen-bond donors (Lipinski definition) is 0. The Kier molecular flexibility index (Phi) is 3.98. The van der Waals surface area contributed by atoms with Crippen molar-refractivity contribution in [2.24, 2.45) is 5.92 Å². The van der Waals surface area contributed by atoms with Crippen LogP contribution in [0.25, 0.3) is 0 Å². The minimum atomic E-state index is -0.377. The number of piperidine rings is 1. The van der Waals surface area contributed by atoms with E-state index in [9.17, 15) is 4.39 Å². The molecule has 1 fully saturated rings. The monoisotopic (exact) mass is 252 g/mol. The number of benzene rings is 1. The van der Waals surface area contributed by atoms with Gasteiger partial charge in [-0.2, -0.15) is 5.26 Å². The van der Waals surface area contributed by atoms with Crippen LogP contribution in [0.3, 0.4) is 0 Å². The van der Waals surface area contributed by atoms with Crippen molar-refractivity contribution in [3.8, 4) is 6.07 Å². The van der Waals surface area contributed by atoms with Gasteiger partial charge in [-0.15, -0.1) is 0 Å². The van der Waals surface area contributed by atoms with Crippen LogP contribution >= 0.6 is 11.6 Å². The normalized spacial score (nSPS) is 21.1. The fourth-order valence-electron chi connectivity index (χ4n) is 2.22. The highest BCUT2D eigenvalue weighted by Crippen LogP contribution is 2.23. The summed E-state index contributed by atoms with van der Waals surface area (Å²) in [7, 11) is 0. The average Bonchev–Trinajstić information content (AvgIpc) is 2.35. The summed E-state index contributed by atoms with van der Waals surface area (Å²) in [5, 5.41) is 9.11. The molecule has 4 heteroatoms. The molecule has 1 aromatic rings. The molecule has 17 heavy (non-hydrogen) atoms. The molecule has 90 valence electrons. The zero-order chi connectivity index (χ0) is 12.3. The van der Waals surface area contributed by atoms with Gasteiger partial charge in [-0.1, -0.05) is 23.7 Å². The van der Waals surface area contributed by atoms with Crippen molar-refractivity contribution < 1.29 is 4.39 Å². The molecule has 1 unspecified atom stereocenters. The van der Waals surface area contributed by atoms with Crippen LogP contribution in [-0.4, -0.2) is 18.0 Å². The summed E-state index contributed by atoms with van der Waals surface area (Å²) in [5.74, 6) is -0.283. The van der Waals surface area contributed by atoms with Gasteiger partial charge < -0.3 is 0 Å². The second-order valence-electron chi connectivity index (χ2n) is 4.42. The summed E-state index contributed by atoms with van der Waals surface area (Å²) in [6.07, 6.45) is 1.98. The van der Waals surface area contributed by atoms with Gasteiger partial charge in [0.2, 0.25) is 0 Å². The van der Waals surface area contributed by atoms with E-state index in [1.165, 1.54) is 6.07 Å². The van der Waals surface area contributed by atoms with E-state index < -0.39 is 0 Å². The molecule has 0 bridgehead atoms. The minimum absolute atomic E-state index is 0.0936. The van der Waals surface area contributed by atoms with Gasteiger partial charge in [0.15, 0.2) is 0 Å². The molecule has 1 aromatic carbocycles. The molecule has 0 spiro atoms. The van der Waals surface area contributed by atoms with Gasteiger partial charge in [-0.05, 0) is 31.0 Å². The number of hydrogen-bond acceptors (Lipinski definition) is 2. The fourth-order valence-corrected chi connectivity index (χ4v) is 2.40. The summed E-state index contributed by atoms with van der Waals surface area (Å²) < 4.78 is 13.3. The Labute approximate surface area is 106 Å². The second-order valence-corrected chi connectivity index (χ2v) is 4.79. The Balaban J connectivity index is 2.06. The molecule has 0 radical (unpaired) electrons. The summed E-state index contributed by atoms with van der Waals surface area (Å²) in [4.78, 5) is 2.16. The van der Waals surface area contributed by atoms with Crippen molar-refractivity contribution in [2.45, 2.75) is 19.4 Å². The van der Waals surface area contributed by atoms with Crippen molar-refractivity contribution >= 4 is 11.6 Å².